The monoisotopic (exact) mass is 398 g/mol. The quantitative estimate of drug-likeness (QED) is 0.424. The van der Waals surface area contributed by atoms with Crippen LogP contribution in [0.25, 0.3) is 33.5 Å². The molecule has 0 aliphatic rings. The van der Waals surface area contributed by atoms with Crippen molar-refractivity contribution in [2.24, 2.45) is 0 Å². The van der Waals surface area contributed by atoms with E-state index in [4.69, 9.17) is 4.42 Å². The molecule has 0 aliphatic heterocycles. The molecule has 0 atom stereocenters. The first-order valence-corrected chi connectivity index (χ1v) is 9.38. The maximum Gasteiger partial charge on any atom is 0.269 e. The number of hydrogen-bond donors (Lipinski definition) is 0. The number of rotatable bonds is 3. The Labute approximate surface area is 169 Å². The predicted octanol–water partition coefficient (Wildman–Crippen LogP) is 4.36. The summed E-state index contributed by atoms with van der Waals surface area (Å²) in [6.45, 7) is 0.210. The molecule has 6 heteroatoms. The molecule has 0 saturated carbocycles. The molecular weight excluding hydrogens is 383 g/mol. The molecule has 0 unspecified atom stereocenters. The third-order valence-corrected chi connectivity index (χ3v) is 4.99. The second-order valence-electron chi connectivity index (χ2n) is 6.93. The summed E-state index contributed by atoms with van der Waals surface area (Å²) >= 11 is 0. The number of benzene rings is 3. The van der Waals surface area contributed by atoms with Crippen molar-refractivity contribution in [3.8, 4) is 11.4 Å². The summed E-state index contributed by atoms with van der Waals surface area (Å²) in [7, 11) is 0. The Balaban J connectivity index is 1.86. The third-order valence-electron chi connectivity index (χ3n) is 4.99. The van der Waals surface area contributed by atoms with Crippen molar-refractivity contribution < 1.29 is 8.81 Å². The third kappa shape index (κ3) is 2.99. The molecule has 5 nitrogen and oxygen atoms in total. The molecule has 0 amide bonds. The lowest BCUT2D eigenvalue weighted by Gasteiger charge is -2.13. The van der Waals surface area contributed by atoms with Gasteiger partial charge in [0, 0.05) is 5.56 Å². The average Bonchev–Trinajstić information content (AvgIpc) is 2.77. The maximum absolute atomic E-state index is 13.5. The standard InChI is InChI=1S/C24H15FN2O3/c25-17-12-10-16(11-13-17)22-26-23-20(21(28)18-8-4-5-9-19(18)30-23)24(29)27(22)14-15-6-2-1-3-7-15/h1-13H,14H2. The van der Waals surface area contributed by atoms with E-state index in [0.29, 0.717) is 22.4 Å². The predicted molar refractivity (Wildman–Crippen MR) is 113 cm³/mol. The van der Waals surface area contributed by atoms with Crippen LogP contribution in [0.15, 0.2) is 92.9 Å². The van der Waals surface area contributed by atoms with Crippen LogP contribution < -0.4 is 11.0 Å². The smallest absolute Gasteiger partial charge is 0.269 e. The Kier molecular flexibility index (Phi) is 4.25. The van der Waals surface area contributed by atoms with Crippen molar-refractivity contribution in [1.82, 2.24) is 9.55 Å². The second kappa shape index (κ2) is 7.08. The molecular formula is C24H15FN2O3. The van der Waals surface area contributed by atoms with Crippen LogP contribution in [0.4, 0.5) is 4.39 Å². The van der Waals surface area contributed by atoms with Gasteiger partial charge in [-0.05, 0) is 42.0 Å². The van der Waals surface area contributed by atoms with Crippen molar-refractivity contribution in [3.63, 3.8) is 0 Å². The van der Waals surface area contributed by atoms with Crippen LogP contribution >= 0.6 is 0 Å². The van der Waals surface area contributed by atoms with Crippen LogP contribution in [-0.2, 0) is 6.54 Å². The molecule has 5 aromatic rings. The van der Waals surface area contributed by atoms with Crippen LogP contribution in [0.3, 0.4) is 0 Å². The highest BCUT2D eigenvalue weighted by Crippen LogP contribution is 2.22. The molecule has 0 spiro atoms. The molecule has 0 N–H and O–H groups in total. The normalized spacial score (nSPS) is 11.2. The van der Waals surface area contributed by atoms with Gasteiger partial charge in [0.25, 0.3) is 5.56 Å². The van der Waals surface area contributed by atoms with Gasteiger partial charge in [0.05, 0.1) is 11.9 Å². The van der Waals surface area contributed by atoms with Gasteiger partial charge in [-0.3, -0.25) is 14.2 Å². The molecule has 0 bridgehead atoms. The topological polar surface area (TPSA) is 65.1 Å². The molecule has 5 rings (SSSR count). The van der Waals surface area contributed by atoms with E-state index in [1.807, 2.05) is 30.3 Å². The van der Waals surface area contributed by atoms with E-state index in [2.05, 4.69) is 4.98 Å². The highest BCUT2D eigenvalue weighted by atomic mass is 19.1. The highest BCUT2D eigenvalue weighted by Gasteiger charge is 2.19. The van der Waals surface area contributed by atoms with Gasteiger partial charge < -0.3 is 4.42 Å². The van der Waals surface area contributed by atoms with E-state index >= 15 is 0 Å². The molecule has 0 saturated heterocycles. The number of hydrogen-bond acceptors (Lipinski definition) is 4. The van der Waals surface area contributed by atoms with Crippen molar-refractivity contribution >= 4 is 22.1 Å². The summed E-state index contributed by atoms with van der Waals surface area (Å²) in [5, 5.41) is 0.222. The Morgan fingerprint density at radius 3 is 2.33 bits per heavy atom. The minimum atomic E-state index is -0.498. The highest BCUT2D eigenvalue weighted by molar-refractivity contribution is 5.88. The Morgan fingerprint density at radius 2 is 1.57 bits per heavy atom. The zero-order valence-electron chi connectivity index (χ0n) is 15.7. The van der Waals surface area contributed by atoms with Gasteiger partial charge in [0.15, 0.2) is 5.39 Å². The fraction of sp³-hybridized carbons (Fsp3) is 0.0417. The van der Waals surface area contributed by atoms with Gasteiger partial charge in [-0.1, -0.05) is 42.5 Å². The SMILES string of the molecule is O=c1c2ccccc2oc2nc(-c3ccc(F)cc3)n(Cc3ccccc3)c(=O)c12. The summed E-state index contributed by atoms with van der Waals surface area (Å²) < 4.78 is 20.7. The van der Waals surface area contributed by atoms with Gasteiger partial charge in [0.1, 0.15) is 17.2 Å². The summed E-state index contributed by atoms with van der Waals surface area (Å²) in [6, 6.07) is 21.8. The van der Waals surface area contributed by atoms with Gasteiger partial charge in [-0.2, -0.15) is 4.98 Å². The molecule has 2 aromatic heterocycles. The number of aromatic nitrogens is 2. The van der Waals surface area contributed by atoms with Crippen molar-refractivity contribution in [2.45, 2.75) is 6.54 Å². The van der Waals surface area contributed by atoms with E-state index < -0.39 is 16.8 Å². The maximum atomic E-state index is 13.5. The van der Waals surface area contributed by atoms with Crippen LogP contribution in [-0.4, -0.2) is 9.55 Å². The summed E-state index contributed by atoms with van der Waals surface area (Å²) in [6.07, 6.45) is 0. The van der Waals surface area contributed by atoms with Gasteiger partial charge >= 0.3 is 0 Å². The zero-order chi connectivity index (χ0) is 20.7. The largest absolute Gasteiger partial charge is 0.437 e. The Hall–Kier alpha value is -4.06. The first kappa shape index (κ1) is 18.0. The second-order valence-corrected chi connectivity index (χ2v) is 6.93. The van der Waals surface area contributed by atoms with Crippen molar-refractivity contribution in [3.05, 3.63) is 111 Å². The number of halogens is 1. The minimum absolute atomic E-state index is 0.0349. The molecule has 2 heterocycles. The van der Waals surface area contributed by atoms with Crippen LogP contribution in [0.2, 0.25) is 0 Å². The number of nitrogens with zero attached hydrogens (tertiary/aromatic N) is 2. The van der Waals surface area contributed by atoms with Gasteiger partial charge in [0.2, 0.25) is 11.1 Å². The van der Waals surface area contributed by atoms with Crippen molar-refractivity contribution in [2.75, 3.05) is 0 Å². The lowest BCUT2D eigenvalue weighted by molar-refractivity contribution is 0.627. The molecule has 0 aliphatic carbocycles. The van der Waals surface area contributed by atoms with E-state index in [1.54, 1.807) is 36.4 Å². The summed E-state index contributed by atoms with van der Waals surface area (Å²) in [5.41, 5.74) is 0.816. The lowest BCUT2D eigenvalue weighted by Crippen LogP contribution is -2.28. The van der Waals surface area contributed by atoms with Crippen molar-refractivity contribution in [1.29, 1.82) is 0 Å². The van der Waals surface area contributed by atoms with Crippen LogP contribution in [0.5, 0.6) is 0 Å². The Bertz CT molecular complexity index is 1500. The molecule has 0 fully saturated rings. The van der Waals surface area contributed by atoms with Crippen LogP contribution in [0, 0.1) is 5.82 Å². The molecule has 30 heavy (non-hydrogen) atoms. The first-order chi connectivity index (χ1) is 14.6. The molecule has 0 radical (unpaired) electrons. The number of fused-ring (bicyclic) bond motifs is 2. The van der Waals surface area contributed by atoms with E-state index in [0.717, 1.165) is 5.56 Å². The van der Waals surface area contributed by atoms with Crippen LogP contribution in [0.1, 0.15) is 5.56 Å². The molecule has 146 valence electrons. The van der Waals surface area contributed by atoms with Gasteiger partial charge in [-0.25, -0.2) is 4.39 Å². The van der Waals surface area contributed by atoms with E-state index in [9.17, 15) is 14.0 Å². The fourth-order valence-corrected chi connectivity index (χ4v) is 3.52. The Morgan fingerprint density at radius 1 is 0.867 bits per heavy atom. The van der Waals surface area contributed by atoms with Gasteiger partial charge in [-0.15, -0.1) is 0 Å². The average molecular weight is 398 g/mol. The van der Waals surface area contributed by atoms with E-state index in [1.165, 1.54) is 16.7 Å². The summed E-state index contributed by atoms with van der Waals surface area (Å²) in [4.78, 5) is 31.0. The first-order valence-electron chi connectivity index (χ1n) is 9.38. The number of para-hydroxylation sites is 1. The minimum Gasteiger partial charge on any atom is -0.437 e. The van der Waals surface area contributed by atoms with E-state index in [-0.39, 0.29) is 17.6 Å². The lowest BCUT2D eigenvalue weighted by atomic mass is 10.1. The summed E-state index contributed by atoms with van der Waals surface area (Å²) in [5.74, 6) is -0.0937. The molecule has 3 aromatic carbocycles. The zero-order valence-corrected chi connectivity index (χ0v) is 15.7. The fourth-order valence-electron chi connectivity index (χ4n) is 3.52.